The molecule has 0 fully saturated rings. The van der Waals surface area contributed by atoms with Crippen LogP contribution < -0.4 is 4.74 Å². The van der Waals surface area contributed by atoms with Crippen LogP contribution in [0.3, 0.4) is 0 Å². The Labute approximate surface area is 80.1 Å². The minimum Gasteiger partial charge on any atom is -0.494 e. The summed E-state index contributed by atoms with van der Waals surface area (Å²) in [4.78, 5) is 3.84. The van der Waals surface area contributed by atoms with Crippen molar-refractivity contribution >= 4 is 31.9 Å². The summed E-state index contributed by atoms with van der Waals surface area (Å²) in [5.41, 5.74) is 0. The minimum atomic E-state index is -2.45. The molecule has 2 nitrogen and oxygen atoms in total. The molecule has 0 radical (unpaired) electrons. The third-order valence-corrected chi connectivity index (χ3v) is 1.95. The van der Waals surface area contributed by atoms with Gasteiger partial charge in [0.1, 0.15) is 4.60 Å². The monoisotopic (exact) mass is 268 g/mol. The Kier molecular flexibility index (Phi) is 1.58. The highest BCUT2D eigenvalue weighted by atomic mass is 79.9. The number of rotatable bonds is 1. The molecule has 54 valence electrons. The maximum absolute atomic E-state index is 6.87. The molecule has 10 heavy (non-hydrogen) atoms. The molecular weight excluding hydrogens is 262 g/mol. The smallest absolute Gasteiger partial charge is 0.151 e. The molecule has 0 spiro atoms. The van der Waals surface area contributed by atoms with E-state index in [2.05, 4.69) is 41.6 Å². The van der Waals surface area contributed by atoms with Gasteiger partial charge in [0.05, 0.1) is 21.8 Å². The lowest BCUT2D eigenvalue weighted by Crippen LogP contribution is -1.85. The van der Waals surface area contributed by atoms with Gasteiger partial charge in [-0.2, -0.15) is 0 Å². The van der Waals surface area contributed by atoms with Gasteiger partial charge in [-0.05, 0) is 37.9 Å². The Morgan fingerprint density at radius 1 is 1.70 bits per heavy atom. The van der Waals surface area contributed by atoms with Gasteiger partial charge in [-0.15, -0.1) is 0 Å². The van der Waals surface area contributed by atoms with Gasteiger partial charge < -0.3 is 4.74 Å². The van der Waals surface area contributed by atoms with Gasteiger partial charge in [-0.25, -0.2) is 4.98 Å². The number of halogens is 2. The fraction of sp³-hybridized carbons (Fsp3) is 0.167. The summed E-state index contributed by atoms with van der Waals surface area (Å²) in [6.07, 6.45) is 1.33. The maximum atomic E-state index is 6.87. The average Bonchev–Trinajstić information content (AvgIpc) is 1.93. The standard InChI is InChI=1S/C6H5Br2NO/c1-10-5-3-9-6(8)2-4(5)7/h2-3H,1H3/i1D3. The van der Waals surface area contributed by atoms with Gasteiger partial charge in [-0.3, -0.25) is 0 Å². The third-order valence-electron chi connectivity index (χ3n) is 0.896. The first kappa shape index (κ1) is 4.72. The van der Waals surface area contributed by atoms with Crippen LogP contribution in [-0.2, 0) is 0 Å². The van der Waals surface area contributed by atoms with Crippen molar-refractivity contribution in [2.24, 2.45) is 0 Å². The van der Waals surface area contributed by atoms with E-state index in [-0.39, 0.29) is 5.75 Å². The fourth-order valence-electron chi connectivity index (χ4n) is 0.470. The highest BCUT2D eigenvalue weighted by Crippen LogP contribution is 2.25. The predicted molar refractivity (Wildman–Crippen MR) is 46.2 cm³/mol. The van der Waals surface area contributed by atoms with Gasteiger partial charge in [-0.1, -0.05) is 0 Å². The first-order valence-electron chi connectivity index (χ1n) is 3.88. The lowest BCUT2D eigenvalue weighted by molar-refractivity contribution is 0.410. The molecule has 0 saturated carbocycles. The summed E-state index contributed by atoms with van der Waals surface area (Å²) in [6.45, 7) is 0. The van der Waals surface area contributed by atoms with Crippen LogP contribution in [0.2, 0.25) is 0 Å². The van der Waals surface area contributed by atoms with E-state index in [0.717, 1.165) is 0 Å². The van der Waals surface area contributed by atoms with Gasteiger partial charge in [0.25, 0.3) is 0 Å². The molecule has 0 atom stereocenters. The van der Waals surface area contributed by atoms with Crippen LogP contribution in [0.25, 0.3) is 0 Å². The lowest BCUT2D eigenvalue weighted by atomic mass is 10.5. The molecule has 0 aliphatic carbocycles. The zero-order valence-electron chi connectivity index (χ0n) is 7.77. The van der Waals surface area contributed by atoms with Crippen molar-refractivity contribution in [2.45, 2.75) is 0 Å². The Bertz CT molecular complexity index is 315. The molecule has 0 N–H and O–H groups in total. The van der Waals surface area contributed by atoms with Crippen molar-refractivity contribution < 1.29 is 8.85 Å². The van der Waals surface area contributed by atoms with Crippen LogP contribution >= 0.6 is 31.9 Å². The quantitative estimate of drug-likeness (QED) is 0.732. The lowest BCUT2D eigenvalue weighted by Gasteiger charge is -2.00. The van der Waals surface area contributed by atoms with E-state index < -0.39 is 7.04 Å². The predicted octanol–water partition coefficient (Wildman–Crippen LogP) is 2.62. The van der Waals surface area contributed by atoms with Gasteiger partial charge in [0.15, 0.2) is 5.75 Å². The minimum absolute atomic E-state index is 0.197. The second-order valence-electron chi connectivity index (χ2n) is 1.54. The summed E-state index contributed by atoms with van der Waals surface area (Å²) >= 11 is 6.29. The van der Waals surface area contributed by atoms with E-state index in [4.69, 9.17) is 4.11 Å². The number of aromatic nitrogens is 1. The van der Waals surface area contributed by atoms with E-state index in [1.165, 1.54) is 6.20 Å². The number of hydrogen-bond donors (Lipinski definition) is 0. The number of ether oxygens (including phenoxy) is 1. The number of pyridine rings is 1. The van der Waals surface area contributed by atoms with Gasteiger partial charge in [0, 0.05) is 0 Å². The highest BCUT2D eigenvalue weighted by Gasteiger charge is 1.98. The number of hydrogen-bond acceptors (Lipinski definition) is 2. The first-order valence-corrected chi connectivity index (χ1v) is 3.97. The molecule has 4 heteroatoms. The Morgan fingerprint density at radius 2 is 2.50 bits per heavy atom. The average molecular weight is 270 g/mol. The molecule has 0 saturated heterocycles. The highest BCUT2D eigenvalue weighted by molar-refractivity contribution is 9.11. The van der Waals surface area contributed by atoms with E-state index in [9.17, 15) is 0 Å². The fourth-order valence-corrected chi connectivity index (χ4v) is 1.51. The number of methoxy groups -OCH3 is 1. The molecule has 0 unspecified atom stereocenters. The van der Waals surface area contributed by atoms with Crippen LogP contribution in [0.1, 0.15) is 4.11 Å². The van der Waals surface area contributed by atoms with Crippen LogP contribution in [-0.4, -0.2) is 12.0 Å². The summed E-state index contributed by atoms with van der Waals surface area (Å²) in [5, 5.41) is 0. The maximum Gasteiger partial charge on any atom is 0.151 e. The summed E-state index contributed by atoms with van der Waals surface area (Å²) in [5.74, 6) is 0.197. The van der Waals surface area contributed by atoms with E-state index in [0.29, 0.717) is 9.08 Å². The number of nitrogens with zero attached hydrogens (tertiary/aromatic N) is 1. The van der Waals surface area contributed by atoms with E-state index >= 15 is 0 Å². The van der Waals surface area contributed by atoms with E-state index in [1.807, 2.05) is 0 Å². The van der Waals surface area contributed by atoms with Crippen LogP contribution in [0.15, 0.2) is 21.3 Å². The van der Waals surface area contributed by atoms with Gasteiger partial charge in [0.2, 0.25) is 0 Å². The van der Waals surface area contributed by atoms with Crippen molar-refractivity contribution in [1.29, 1.82) is 0 Å². The molecular formula is C6H5Br2NO. The molecule has 0 amide bonds. The summed E-state index contributed by atoms with van der Waals surface area (Å²) < 4.78 is 26.4. The van der Waals surface area contributed by atoms with Crippen molar-refractivity contribution in [3.63, 3.8) is 0 Å². The van der Waals surface area contributed by atoms with Crippen molar-refractivity contribution in [3.05, 3.63) is 21.3 Å². The van der Waals surface area contributed by atoms with Crippen LogP contribution in [0, 0.1) is 0 Å². The molecule has 1 aromatic heterocycles. The Balaban J connectivity index is 2.90. The third kappa shape index (κ3) is 1.70. The normalized spacial score (nSPS) is 15.2. The van der Waals surface area contributed by atoms with E-state index in [1.54, 1.807) is 6.07 Å². The molecule has 1 heterocycles. The van der Waals surface area contributed by atoms with Gasteiger partial charge >= 0.3 is 0 Å². The Morgan fingerprint density at radius 3 is 3.10 bits per heavy atom. The molecule has 0 bridgehead atoms. The first-order chi connectivity index (χ1) is 5.88. The second kappa shape index (κ2) is 3.34. The van der Waals surface area contributed by atoms with Crippen molar-refractivity contribution in [3.8, 4) is 5.75 Å². The van der Waals surface area contributed by atoms with Crippen molar-refractivity contribution in [2.75, 3.05) is 7.04 Å². The topological polar surface area (TPSA) is 22.1 Å². The molecule has 1 aromatic rings. The summed E-state index contributed by atoms with van der Waals surface area (Å²) in [7, 11) is -2.45. The SMILES string of the molecule is [2H]C([2H])([2H])Oc1cnc(Br)cc1Br. The molecule has 1 rings (SSSR count). The molecule has 0 aliphatic heterocycles. The van der Waals surface area contributed by atoms with Crippen molar-refractivity contribution in [1.82, 2.24) is 4.98 Å². The zero-order chi connectivity index (χ0) is 10.1. The largest absolute Gasteiger partial charge is 0.494 e. The second-order valence-corrected chi connectivity index (χ2v) is 3.21. The van der Waals surface area contributed by atoms with Crippen LogP contribution in [0.4, 0.5) is 0 Å². The summed E-state index contributed by atoms with van der Waals surface area (Å²) in [6, 6.07) is 1.61. The van der Waals surface area contributed by atoms with Crippen LogP contribution in [0.5, 0.6) is 5.75 Å². The Hall–Kier alpha value is -0.0900. The zero-order valence-corrected chi connectivity index (χ0v) is 7.94. The molecule has 0 aliphatic rings. The molecule has 0 aromatic carbocycles.